The van der Waals surface area contributed by atoms with E-state index < -0.39 is 23.7 Å². The van der Waals surface area contributed by atoms with Crippen LogP contribution < -0.4 is 15.8 Å². The summed E-state index contributed by atoms with van der Waals surface area (Å²) in [6.07, 6.45) is 1.04. The van der Waals surface area contributed by atoms with Crippen molar-refractivity contribution in [3.63, 3.8) is 0 Å². The standard InChI is InChI=1S/C42H56N4O7/c1-41(2,3)52-30-20-18-29(19-21-30)25-36(38(48)49)46(40(50)53-42(4,5)6)24-22-28(13-12-23-45-39(43)44-7)26-37(47)51-27-35-33-16-10-8-14-31(33)32-15-9-11-17-34(32)35/h8-11,14-21,28,35-36H,12-13,22-27H2,1-7H3,(H,48,49)(H3,43,44,45)/t28-,36-/m0/s1. The second-order valence-corrected chi connectivity index (χ2v) is 15.5. The highest BCUT2D eigenvalue weighted by Crippen LogP contribution is 2.44. The fourth-order valence-electron chi connectivity index (χ4n) is 6.56. The normalized spacial score (nSPS) is 14.1. The third-order valence-corrected chi connectivity index (χ3v) is 9.01. The molecule has 1 amide bonds. The van der Waals surface area contributed by atoms with E-state index in [1.807, 2.05) is 57.2 Å². The molecule has 3 aromatic rings. The Balaban J connectivity index is 1.50. The molecule has 0 spiro atoms. The Morgan fingerprint density at radius 1 is 0.887 bits per heavy atom. The maximum Gasteiger partial charge on any atom is 0.411 e. The molecule has 2 atom stereocenters. The molecule has 0 radical (unpaired) electrons. The highest BCUT2D eigenvalue weighted by atomic mass is 16.6. The number of ether oxygens (including phenoxy) is 3. The lowest BCUT2D eigenvalue weighted by atomic mass is 9.94. The van der Waals surface area contributed by atoms with Gasteiger partial charge in [0, 0.05) is 38.9 Å². The average molecular weight is 729 g/mol. The van der Waals surface area contributed by atoms with Crippen molar-refractivity contribution in [2.24, 2.45) is 16.6 Å². The van der Waals surface area contributed by atoms with Gasteiger partial charge in [-0.1, -0.05) is 60.7 Å². The van der Waals surface area contributed by atoms with Crippen LogP contribution >= 0.6 is 0 Å². The van der Waals surface area contributed by atoms with Crippen molar-refractivity contribution in [2.45, 2.75) is 96.8 Å². The minimum absolute atomic E-state index is 0.0565. The summed E-state index contributed by atoms with van der Waals surface area (Å²) < 4.78 is 17.6. The van der Waals surface area contributed by atoms with E-state index in [0.29, 0.717) is 37.5 Å². The highest BCUT2D eigenvalue weighted by Gasteiger charge is 2.34. The van der Waals surface area contributed by atoms with E-state index >= 15 is 0 Å². The molecule has 3 aromatic carbocycles. The van der Waals surface area contributed by atoms with Crippen molar-refractivity contribution in [1.82, 2.24) is 10.2 Å². The summed E-state index contributed by atoms with van der Waals surface area (Å²) in [4.78, 5) is 45.2. The number of nitrogens with zero attached hydrogens (tertiary/aromatic N) is 2. The number of rotatable bonds is 16. The van der Waals surface area contributed by atoms with Crippen LogP contribution in [0.25, 0.3) is 11.1 Å². The first-order valence-electron chi connectivity index (χ1n) is 18.3. The molecule has 0 saturated heterocycles. The fourth-order valence-corrected chi connectivity index (χ4v) is 6.56. The number of hydrogen-bond acceptors (Lipinski definition) is 7. The zero-order valence-corrected chi connectivity index (χ0v) is 32.2. The summed E-state index contributed by atoms with van der Waals surface area (Å²) in [5, 5.41) is 13.5. The molecule has 11 heteroatoms. The van der Waals surface area contributed by atoms with Crippen molar-refractivity contribution < 1.29 is 33.7 Å². The van der Waals surface area contributed by atoms with E-state index in [9.17, 15) is 19.5 Å². The molecule has 11 nitrogen and oxygen atoms in total. The number of carbonyl (C=O) groups is 3. The Labute approximate surface area is 313 Å². The number of fused-ring (bicyclic) bond motifs is 3. The number of carboxylic acid groups (broad SMARTS) is 1. The van der Waals surface area contributed by atoms with Crippen LogP contribution in [0, 0.1) is 5.92 Å². The number of carboxylic acids is 1. The van der Waals surface area contributed by atoms with Gasteiger partial charge in [0.1, 0.15) is 29.6 Å². The van der Waals surface area contributed by atoms with E-state index in [4.69, 9.17) is 19.9 Å². The topological polar surface area (TPSA) is 153 Å². The summed E-state index contributed by atoms with van der Waals surface area (Å²) in [7, 11) is 1.60. The zero-order valence-electron chi connectivity index (χ0n) is 32.2. The highest BCUT2D eigenvalue weighted by molar-refractivity contribution is 5.81. The van der Waals surface area contributed by atoms with Crippen molar-refractivity contribution >= 4 is 24.0 Å². The van der Waals surface area contributed by atoms with Crippen LogP contribution in [0.2, 0.25) is 0 Å². The molecule has 0 fully saturated rings. The number of guanidine groups is 1. The number of nitrogens with two attached hydrogens (primary N) is 1. The van der Waals surface area contributed by atoms with E-state index in [1.54, 1.807) is 40.0 Å². The maximum atomic E-state index is 13.7. The summed E-state index contributed by atoms with van der Waals surface area (Å²) in [6.45, 7) is 11.9. The number of carbonyl (C=O) groups excluding carboxylic acids is 2. The molecule has 286 valence electrons. The Hall–Kier alpha value is -5.06. The van der Waals surface area contributed by atoms with Crippen LogP contribution in [-0.2, 0) is 25.5 Å². The molecular weight excluding hydrogens is 672 g/mol. The Morgan fingerprint density at radius 3 is 2.04 bits per heavy atom. The molecule has 1 aliphatic carbocycles. The zero-order chi connectivity index (χ0) is 38.8. The van der Waals surface area contributed by atoms with E-state index in [0.717, 1.165) is 27.8 Å². The maximum absolute atomic E-state index is 13.7. The third kappa shape index (κ3) is 12.3. The molecule has 0 heterocycles. The second kappa shape index (κ2) is 18.1. The van der Waals surface area contributed by atoms with Crippen molar-refractivity contribution in [3.05, 3.63) is 89.5 Å². The average Bonchev–Trinajstić information content (AvgIpc) is 3.41. The number of aliphatic imine (C=N–C) groups is 1. The number of benzene rings is 3. The first-order chi connectivity index (χ1) is 25.0. The molecule has 53 heavy (non-hydrogen) atoms. The summed E-state index contributed by atoms with van der Waals surface area (Å²) in [5.74, 6) is -0.821. The molecule has 1 aliphatic rings. The van der Waals surface area contributed by atoms with E-state index in [-0.39, 0.29) is 49.4 Å². The molecule has 4 rings (SSSR count). The number of aliphatic carboxylic acids is 1. The Bertz CT molecular complexity index is 1680. The largest absolute Gasteiger partial charge is 0.488 e. The Morgan fingerprint density at radius 2 is 1.49 bits per heavy atom. The molecule has 0 aromatic heterocycles. The van der Waals surface area contributed by atoms with Crippen LogP contribution in [-0.4, -0.2) is 78.0 Å². The third-order valence-electron chi connectivity index (χ3n) is 9.01. The quantitative estimate of drug-likeness (QED) is 0.0604. The monoisotopic (exact) mass is 728 g/mol. The van der Waals surface area contributed by atoms with E-state index in [1.165, 1.54) is 4.90 Å². The number of amides is 1. The number of nitrogens with one attached hydrogen (secondary N) is 1. The van der Waals surface area contributed by atoms with Crippen molar-refractivity contribution in [2.75, 3.05) is 26.7 Å². The predicted molar refractivity (Wildman–Crippen MR) is 207 cm³/mol. The predicted octanol–water partition coefficient (Wildman–Crippen LogP) is 7.16. The van der Waals surface area contributed by atoms with Gasteiger partial charge < -0.3 is 30.4 Å². The van der Waals surface area contributed by atoms with Crippen molar-refractivity contribution in [3.8, 4) is 16.9 Å². The van der Waals surface area contributed by atoms with Crippen molar-refractivity contribution in [1.29, 1.82) is 0 Å². The van der Waals surface area contributed by atoms with Gasteiger partial charge in [0.15, 0.2) is 5.96 Å². The minimum atomic E-state index is -1.21. The van der Waals surface area contributed by atoms with Gasteiger partial charge in [0.25, 0.3) is 0 Å². The molecule has 0 unspecified atom stereocenters. The molecular formula is C42H56N4O7. The smallest absolute Gasteiger partial charge is 0.411 e. The summed E-state index contributed by atoms with van der Waals surface area (Å²) >= 11 is 0. The van der Waals surface area contributed by atoms with Gasteiger partial charge >= 0.3 is 18.0 Å². The van der Waals surface area contributed by atoms with Gasteiger partial charge in [-0.25, -0.2) is 9.59 Å². The summed E-state index contributed by atoms with van der Waals surface area (Å²) in [5.41, 5.74) is 9.86. The van der Waals surface area contributed by atoms with Gasteiger partial charge in [-0.05, 0) is 107 Å². The molecule has 4 N–H and O–H groups in total. The minimum Gasteiger partial charge on any atom is -0.488 e. The van der Waals surface area contributed by atoms with Crippen LogP contribution in [0.15, 0.2) is 77.8 Å². The molecule has 0 saturated carbocycles. The van der Waals surface area contributed by atoms with Gasteiger partial charge in [0.05, 0.1) is 0 Å². The molecule has 0 bridgehead atoms. The van der Waals surface area contributed by atoms with Gasteiger partial charge in [0.2, 0.25) is 0 Å². The number of hydrogen-bond donors (Lipinski definition) is 3. The van der Waals surface area contributed by atoms with Gasteiger partial charge in [-0.2, -0.15) is 0 Å². The SMILES string of the molecule is CN=C(N)NCCC[C@@H](CCN(C(=O)OC(C)(C)C)[C@@H](Cc1ccc(OC(C)(C)C)cc1)C(=O)O)CC(=O)OCC1c2ccccc2-c2ccccc21. The lowest BCUT2D eigenvalue weighted by molar-refractivity contribution is -0.146. The van der Waals surface area contributed by atoms with Crippen LogP contribution in [0.4, 0.5) is 4.79 Å². The second-order valence-electron chi connectivity index (χ2n) is 15.5. The van der Waals surface area contributed by atoms with Crippen LogP contribution in [0.3, 0.4) is 0 Å². The lowest BCUT2D eigenvalue weighted by Gasteiger charge is -2.32. The van der Waals surface area contributed by atoms with Gasteiger partial charge in [-0.3, -0.25) is 14.7 Å². The molecule has 0 aliphatic heterocycles. The fraction of sp³-hybridized carbons (Fsp3) is 0.476. The first-order valence-corrected chi connectivity index (χ1v) is 18.3. The first kappa shape index (κ1) is 40.7. The lowest BCUT2D eigenvalue weighted by Crippen LogP contribution is -2.49. The van der Waals surface area contributed by atoms with Crippen LogP contribution in [0.5, 0.6) is 5.75 Å². The van der Waals surface area contributed by atoms with E-state index in [2.05, 4.69) is 34.6 Å². The van der Waals surface area contributed by atoms with Crippen LogP contribution in [0.1, 0.15) is 89.8 Å². The number of esters is 1. The Kier molecular flexibility index (Phi) is 13.9. The summed E-state index contributed by atoms with van der Waals surface area (Å²) in [6, 6.07) is 22.4. The van der Waals surface area contributed by atoms with Gasteiger partial charge in [-0.15, -0.1) is 0 Å².